The number of ether oxygens (including phenoxy) is 2. The van der Waals surface area contributed by atoms with Crippen molar-refractivity contribution >= 4 is 0 Å². The van der Waals surface area contributed by atoms with Gasteiger partial charge in [-0.2, -0.15) is 0 Å². The average molecular weight is 209 g/mol. The molecule has 1 fully saturated rings. The lowest BCUT2D eigenvalue weighted by Crippen LogP contribution is -2.37. The van der Waals surface area contributed by atoms with E-state index in [0.29, 0.717) is 6.61 Å². The Kier molecular flexibility index (Phi) is 2.85. The largest absolute Gasteiger partial charge is 0.378 e. The lowest BCUT2D eigenvalue weighted by molar-refractivity contribution is -0.0300. The fourth-order valence-electron chi connectivity index (χ4n) is 2.18. The average Bonchev–Trinajstić information content (AvgIpc) is 2.81. The first-order chi connectivity index (χ1) is 7.17. The first-order valence-electron chi connectivity index (χ1n) is 5.42. The van der Waals surface area contributed by atoms with Crippen molar-refractivity contribution in [3.05, 3.63) is 23.5 Å². The number of aromatic nitrogens is 1. The second-order valence-electron chi connectivity index (χ2n) is 4.39. The summed E-state index contributed by atoms with van der Waals surface area (Å²) in [6.07, 6.45) is 0.987. The molecular formula is C12H19NO2. The van der Waals surface area contributed by atoms with Crippen molar-refractivity contribution in [3.63, 3.8) is 0 Å². The Morgan fingerprint density at radius 1 is 1.40 bits per heavy atom. The standard InChI is InChI=1S/C12H19NO2/c1-10-4-5-11(2)13(10)8-12(14-3)6-7-15-9-12/h4-5H,6-9H2,1-3H3. The van der Waals surface area contributed by atoms with E-state index in [2.05, 4.69) is 30.5 Å². The van der Waals surface area contributed by atoms with Crippen molar-refractivity contribution < 1.29 is 9.47 Å². The Balaban J connectivity index is 2.19. The van der Waals surface area contributed by atoms with Crippen LogP contribution in [0.5, 0.6) is 0 Å². The van der Waals surface area contributed by atoms with Gasteiger partial charge in [0.1, 0.15) is 5.60 Å². The van der Waals surface area contributed by atoms with Gasteiger partial charge >= 0.3 is 0 Å². The van der Waals surface area contributed by atoms with Crippen LogP contribution in [0.3, 0.4) is 0 Å². The zero-order valence-corrected chi connectivity index (χ0v) is 9.75. The van der Waals surface area contributed by atoms with E-state index in [0.717, 1.165) is 19.6 Å². The summed E-state index contributed by atoms with van der Waals surface area (Å²) in [5.74, 6) is 0. The van der Waals surface area contributed by atoms with Gasteiger partial charge in [0.2, 0.25) is 0 Å². The van der Waals surface area contributed by atoms with Gasteiger partial charge in [0.05, 0.1) is 13.2 Å². The number of aryl methyl sites for hydroxylation is 2. The van der Waals surface area contributed by atoms with Crippen LogP contribution in [0.4, 0.5) is 0 Å². The van der Waals surface area contributed by atoms with E-state index >= 15 is 0 Å². The van der Waals surface area contributed by atoms with Gasteiger partial charge in [-0.3, -0.25) is 0 Å². The van der Waals surface area contributed by atoms with Crippen LogP contribution in [0, 0.1) is 13.8 Å². The Labute approximate surface area is 91.0 Å². The van der Waals surface area contributed by atoms with Crippen molar-refractivity contribution in [1.82, 2.24) is 4.57 Å². The number of methoxy groups -OCH3 is 1. The first kappa shape index (κ1) is 10.7. The molecule has 2 heterocycles. The van der Waals surface area contributed by atoms with Crippen LogP contribution in [-0.4, -0.2) is 30.5 Å². The molecule has 1 saturated heterocycles. The van der Waals surface area contributed by atoms with Crippen LogP contribution >= 0.6 is 0 Å². The molecule has 0 spiro atoms. The highest BCUT2D eigenvalue weighted by atomic mass is 16.5. The molecule has 0 saturated carbocycles. The monoisotopic (exact) mass is 209 g/mol. The molecule has 1 unspecified atom stereocenters. The quantitative estimate of drug-likeness (QED) is 0.759. The van der Waals surface area contributed by atoms with Crippen LogP contribution in [0.15, 0.2) is 12.1 Å². The molecule has 0 radical (unpaired) electrons. The summed E-state index contributed by atoms with van der Waals surface area (Å²) in [6.45, 7) is 6.68. The van der Waals surface area contributed by atoms with Crippen molar-refractivity contribution in [1.29, 1.82) is 0 Å². The topological polar surface area (TPSA) is 23.4 Å². The van der Waals surface area contributed by atoms with E-state index in [1.807, 2.05) is 0 Å². The van der Waals surface area contributed by atoms with Crippen molar-refractivity contribution in [2.75, 3.05) is 20.3 Å². The number of nitrogens with zero attached hydrogens (tertiary/aromatic N) is 1. The minimum absolute atomic E-state index is 0.117. The second-order valence-corrected chi connectivity index (χ2v) is 4.39. The highest BCUT2D eigenvalue weighted by Gasteiger charge is 2.35. The molecule has 0 bridgehead atoms. The summed E-state index contributed by atoms with van der Waals surface area (Å²) in [7, 11) is 1.78. The second kappa shape index (κ2) is 3.99. The highest BCUT2D eigenvalue weighted by molar-refractivity contribution is 5.14. The molecule has 0 N–H and O–H groups in total. The number of rotatable bonds is 3. The van der Waals surface area contributed by atoms with Gasteiger partial charge in [-0.05, 0) is 26.0 Å². The Hall–Kier alpha value is -0.800. The molecule has 1 atom stereocenters. The lowest BCUT2D eigenvalue weighted by atomic mass is 10.0. The van der Waals surface area contributed by atoms with Gasteiger partial charge in [0.15, 0.2) is 0 Å². The number of hydrogen-bond acceptors (Lipinski definition) is 2. The number of hydrogen-bond donors (Lipinski definition) is 0. The predicted octanol–water partition coefficient (Wildman–Crippen LogP) is 1.91. The summed E-state index contributed by atoms with van der Waals surface area (Å²) in [4.78, 5) is 0. The highest BCUT2D eigenvalue weighted by Crippen LogP contribution is 2.26. The van der Waals surface area contributed by atoms with Crippen LogP contribution in [0.1, 0.15) is 17.8 Å². The van der Waals surface area contributed by atoms with Crippen LogP contribution < -0.4 is 0 Å². The fraction of sp³-hybridized carbons (Fsp3) is 0.667. The lowest BCUT2D eigenvalue weighted by Gasteiger charge is -2.27. The maximum atomic E-state index is 5.64. The van der Waals surface area contributed by atoms with E-state index in [-0.39, 0.29) is 5.60 Å². The van der Waals surface area contributed by atoms with Crippen molar-refractivity contribution in [2.45, 2.75) is 32.4 Å². The maximum absolute atomic E-state index is 5.64. The first-order valence-corrected chi connectivity index (χ1v) is 5.42. The molecule has 2 rings (SSSR count). The van der Waals surface area contributed by atoms with Gasteiger partial charge in [-0.1, -0.05) is 0 Å². The molecule has 1 aliphatic rings. The van der Waals surface area contributed by atoms with Crippen LogP contribution in [-0.2, 0) is 16.0 Å². The van der Waals surface area contributed by atoms with Gasteiger partial charge < -0.3 is 14.0 Å². The Morgan fingerprint density at radius 2 is 2.07 bits per heavy atom. The van der Waals surface area contributed by atoms with E-state index in [1.165, 1.54) is 11.4 Å². The zero-order valence-electron chi connectivity index (χ0n) is 9.75. The molecule has 1 aliphatic heterocycles. The van der Waals surface area contributed by atoms with Gasteiger partial charge in [-0.25, -0.2) is 0 Å². The molecule has 1 aromatic heterocycles. The van der Waals surface area contributed by atoms with Gasteiger partial charge in [0, 0.05) is 31.5 Å². The molecule has 0 aromatic carbocycles. The summed E-state index contributed by atoms with van der Waals surface area (Å²) in [5.41, 5.74) is 2.46. The smallest absolute Gasteiger partial charge is 0.111 e. The van der Waals surface area contributed by atoms with E-state index in [1.54, 1.807) is 7.11 Å². The fourth-order valence-corrected chi connectivity index (χ4v) is 2.18. The third kappa shape index (κ3) is 1.94. The minimum Gasteiger partial charge on any atom is -0.378 e. The molecule has 3 nitrogen and oxygen atoms in total. The molecule has 84 valence electrons. The van der Waals surface area contributed by atoms with Gasteiger partial charge in [0.25, 0.3) is 0 Å². The molecule has 0 aliphatic carbocycles. The molecular weight excluding hydrogens is 190 g/mol. The van der Waals surface area contributed by atoms with Crippen LogP contribution in [0.25, 0.3) is 0 Å². The summed E-state index contributed by atoms with van der Waals surface area (Å²) >= 11 is 0. The Bertz CT molecular complexity index is 318. The van der Waals surface area contributed by atoms with E-state index in [9.17, 15) is 0 Å². The van der Waals surface area contributed by atoms with Crippen molar-refractivity contribution in [2.24, 2.45) is 0 Å². The van der Waals surface area contributed by atoms with Crippen molar-refractivity contribution in [3.8, 4) is 0 Å². The van der Waals surface area contributed by atoms with E-state index < -0.39 is 0 Å². The minimum atomic E-state index is -0.117. The summed E-state index contributed by atoms with van der Waals surface area (Å²) in [5, 5.41) is 0. The van der Waals surface area contributed by atoms with Crippen LogP contribution in [0.2, 0.25) is 0 Å². The van der Waals surface area contributed by atoms with E-state index in [4.69, 9.17) is 9.47 Å². The normalized spacial score (nSPS) is 26.1. The summed E-state index contributed by atoms with van der Waals surface area (Å²) in [6, 6.07) is 4.29. The third-order valence-electron chi connectivity index (χ3n) is 3.36. The molecule has 0 amide bonds. The SMILES string of the molecule is COC1(Cn2c(C)ccc2C)CCOC1. The molecule has 3 heteroatoms. The molecule has 15 heavy (non-hydrogen) atoms. The Morgan fingerprint density at radius 3 is 2.53 bits per heavy atom. The summed E-state index contributed by atoms with van der Waals surface area (Å²) < 4.78 is 13.4. The maximum Gasteiger partial charge on any atom is 0.111 e. The third-order valence-corrected chi connectivity index (χ3v) is 3.36. The molecule has 1 aromatic rings. The predicted molar refractivity (Wildman–Crippen MR) is 59.1 cm³/mol. The zero-order chi connectivity index (χ0) is 10.9. The van der Waals surface area contributed by atoms with Gasteiger partial charge in [-0.15, -0.1) is 0 Å².